The Bertz CT molecular complexity index is 554. The average Bonchev–Trinajstić information content (AvgIpc) is 2.63. The number of nitrogens with zero attached hydrogens (tertiary/aromatic N) is 1. The first-order valence-electron chi connectivity index (χ1n) is 5.95. The zero-order chi connectivity index (χ0) is 14.0. The number of aliphatic carboxylic acids is 1. The topological polar surface area (TPSA) is 101 Å². The van der Waals surface area contributed by atoms with Crippen molar-refractivity contribution in [1.82, 2.24) is 0 Å². The van der Waals surface area contributed by atoms with Crippen molar-refractivity contribution in [3.8, 4) is 0 Å². The first-order chi connectivity index (χ1) is 8.99. The summed E-state index contributed by atoms with van der Waals surface area (Å²) in [5, 5.41) is 8.53. The number of carbonyl (C=O) groups is 3. The number of nitrogen functional groups attached to an aromatic ring is 1. The summed E-state index contributed by atoms with van der Waals surface area (Å²) in [6, 6.07) is 4.96. The highest BCUT2D eigenvalue weighted by molar-refractivity contribution is 6.19. The fraction of sp³-hybridized carbons (Fsp3) is 0.308. The van der Waals surface area contributed by atoms with Crippen molar-refractivity contribution in [2.45, 2.75) is 25.7 Å². The lowest BCUT2D eigenvalue weighted by Gasteiger charge is -2.15. The largest absolute Gasteiger partial charge is 0.481 e. The van der Waals surface area contributed by atoms with Gasteiger partial charge in [0.2, 0.25) is 11.8 Å². The quantitative estimate of drug-likeness (QED) is 0.786. The number of carboxylic acids is 1. The van der Waals surface area contributed by atoms with Crippen molar-refractivity contribution < 1.29 is 19.5 Å². The molecule has 0 aromatic heterocycles. The highest BCUT2D eigenvalue weighted by Crippen LogP contribution is 2.31. The molecule has 19 heavy (non-hydrogen) atoms. The predicted octanol–water partition coefficient (Wildman–Crippen LogP) is 0.939. The van der Waals surface area contributed by atoms with E-state index in [2.05, 4.69) is 0 Å². The Labute approximate surface area is 109 Å². The van der Waals surface area contributed by atoms with E-state index >= 15 is 0 Å². The maximum absolute atomic E-state index is 12.0. The van der Waals surface area contributed by atoms with Crippen LogP contribution in [-0.4, -0.2) is 22.9 Å². The van der Waals surface area contributed by atoms with E-state index in [1.54, 1.807) is 18.2 Å². The van der Waals surface area contributed by atoms with Gasteiger partial charge in [0.1, 0.15) is 0 Å². The lowest BCUT2D eigenvalue weighted by Crippen LogP contribution is -2.33. The second-order valence-electron chi connectivity index (χ2n) is 4.44. The predicted molar refractivity (Wildman–Crippen MR) is 68.5 cm³/mol. The molecule has 0 saturated carbocycles. The summed E-state index contributed by atoms with van der Waals surface area (Å²) in [6.45, 7) is 0. The number of anilines is 2. The van der Waals surface area contributed by atoms with E-state index in [4.69, 9.17) is 10.8 Å². The Hall–Kier alpha value is -2.37. The van der Waals surface area contributed by atoms with Crippen LogP contribution in [0.15, 0.2) is 18.2 Å². The minimum Gasteiger partial charge on any atom is -0.481 e. The first-order valence-corrected chi connectivity index (χ1v) is 5.95. The van der Waals surface area contributed by atoms with Gasteiger partial charge in [-0.25, -0.2) is 4.90 Å². The highest BCUT2D eigenvalue weighted by atomic mass is 16.4. The minimum atomic E-state index is -0.950. The molecule has 0 spiro atoms. The molecule has 3 N–H and O–H groups in total. The molecule has 2 amide bonds. The van der Waals surface area contributed by atoms with E-state index in [9.17, 15) is 14.4 Å². The summed E-state index contributed by atoms with van der Waals surface area (Å²) >= 11 is 0. The van der Waals surface area contributed by atoms with Crippen LogP contribution in [0, 0.1) is 0 Å². The highest BCUT2D eigenvalue weighted by Gasteiger charge is 2.31. The number of imide groups is 1. The summed E-state index contributed by atoms with van der Waals surface area (Å²) in [5.74, 6) is -1.61. The number of amides is 2. The molecule has 0 atom stereocenters. The van der Waals surface area contributed by atoms with Crippen LogP contribution in [-0.2, 0) is 20.8 Å². The van der Waals surface area contributed by atoms with Crippen molar-refractivity contribution in [2.75, 3.05) is 10.6 Å². The Morgan fingerprint density at radius 1 is 1.32 bits per heavy atom. The lowest BCUT2D eigenvalue weighted by molar-refractivity contribution is -0.137. The third kappa shape index (κ3) is 2.73. The molecule has 100 valence electrons. The number of carboxylic acid groups (broad SMARTS) is 1. The van der Waals surface area contributed by atoms with E-state index in [-0.39, 0.29) is 37.5 Å². The van der Waals surface area contributed by atoms with Crippen LogP contribution in [0.2, 0.25) is 0 Å². The molecular weight excluding hydrogens is 248 g/mol. The van der Waals surface area contributed by atoms with Gasteiger partial charge < -0.3 is 10.8 Å². The molecule has 1 aromatic rings. The van der Waals surface area contributed by atoms with Gasteiger partial charge in [0.25, 0.3) is 0 Å². The van der Waals surface area contributed by atoms with Crippen molar-refractivity contribution >= 4 is 29.2 Å². The van der Waals surface area contributed by atoms with E-state index in [0.29, 0.717) is 11.4 Å². The van der Waals surface area contributed by atoms with E-state index in [1.165, 1.54) is 0 Å². The third-order valence-electron chi connectivity index (χ3n) is 2.97. The number of nitrogens with two attached hydrogens (primary N) is 1. The molecule has 2 rings (SSSR count). The number of carbonyl (C=O) groups excluding carboxylic acids is 2. The number of hydrogen-bond acceptors (Lipinski definition) is 4. The van der Waals surface area contributed by atoms with E-state index in [0.717, 1.165) is 10.5 Å². The molecule has 6 nitrogen and oxygen atoms in total. The van der Waals surface area contributed by atoms with Crippen molar-refractivity contribution in [3.63, 3.8) is 0 Å². The maximum atomic E-state index is 12.0. The molecule has 1 aliphatic rings. The van der Waals surface area contributed by atoms with Crippen molar-refractivity contribution in [1.29, 1.82) is 0 Å². The van der Waals surface area contributed by atoms with Crippen LogP contribution in [0.1, 0.15) is 24.8 Å². The van der Waals surface area contributed by atoms with Crippen LogP contribution >= 0.6 is 0 Å². The fourth-order valence-electron chi connectivity index (χ4n) is 2.12. The second kappa shape index (κ2) is 5.09. The third-order valence-corrected chi connectivity index (χ3v) is 2.97. The molecule has 0 bridgehead atoms. The summed E-state index contributed by atoms with van der Waals surface area (Å²) < 4.78 is 0. The van der Waals surface area contributed by atoms with E-state index < -0.39 is 5.97 Å². The van der Waals surface area contributed by atoms with Crippen molar-refractivity contribution in [2.24, 2.45) is 0 Å². The number of rotatable bonds is 4. The van der Waals surface area contributed by atoms with Gasteiger partial charge in [0, 0.05) is 18.5 Å². The molecule has 1 aromatic carbocycles. The SMILES string of the molecule is Nc1ccc2c(c1)CC(=O)N2C(=O)CCCC(=O)O. The van der Waals surface area contributed by atoms with Gasteiger partial charge in [0.05, 0.1) is 12.1 Å². The normalized spacial score (nSPS) is 13.5. The van der Waals surface area contributed by atoms with E-state index in [1.807, 2.05) is 0 Å². The van der Waals surface area contributed by atoms with Gasteiger partial charge in [-0.1, -0.05) is 0 Å². The van der Waals surface area contributed by atoms with Gasteiger partial charge in [-0.2, -0.15) is 0 Å². The molecule has 0 radical (unpaired) electrons. The number of hydrogen-bond donors (Lipinski definition) is 2. The van der Waals surface area contributed by atoms with Gasteiger partial charge in [-0.05, 0) is 30.2 Å². The molecule has 6 heteroatoms. The standard InChI is InChI=1S/C13H14N2O4/c14-9-4-5-10-8(6-9)7-12(17)15(10)11(16)2-1-3-13(18)19/h4-6H,1-3,7,14H2,(H,18,19). The Kier molecular flexibility index (Phi) is 3.50. The Morgan fingerprint density at radius 3 is 2.74 bits per heavy atom. The molecule has 0 saturated heterocycles. The van der Waals surface area contributed by atoms with Gasteiger partial charge in [0.15, 0.2) is 0 Å². The number of fused-ring (bicyclic) bond motifs is 1. The zero-order valence-electron chi connectivity index (χ0n) is 10.3. The van der Waals surface area contributed by atoms with Crippen LogP contribution in [0.4, 0.5) is 11.4 Å². The second-order valence-corrected chi connectivity index (χ2v) is 4.44. The molecule has 0 fully saturated rings. The van der Waals surface area contributed by atoms with Crippen LogP contribution in [0.25, 0.3) is 0 Å². The fourth-order valence-corrected chi connectivity index (χ4v) is 2.12. The smallest absolute Gasteiger partial charge is 0.303 e. The molecule has 1 heterocycles. The van der Waals surface area contributed by atoms with Gasteiger partial charge in [-0.3, -0.25) is 14.4 Å². The zero-order valence-corrected chi connectivity index (χ0v) is 10.3. The summed E-state index contributed by atoms with van der Waals surface area (Å²) in [5.41, 5.74) is 7.47. The molecule has 1 aliphatic heterocycles. The van der Waals surface area contributed by atoms with Gasteiger partial charge in [-0.15, -0.1) is 0 Å². The maximum Gasteiger partial charge on any atom is 0.303 e. The average molecular weight is 262 g/mol. The Morgan fingerprint density at radius 2 is 2.05 bits per heavy atom. The summed E-state index contributed by atoms with van der Waals surface area (Å²) in [7, 11) is 0. The van der Waals surface area contributed by atoms with Crippen molar-refractivity contribution in [3.05, 3.63) is 23.8 Å². The Balaban J connectivity index is 2.11. The number of benzene rings is 1. The summed E-state index contributed by atoms with van der Waals surface area (Å²) in [6.07, 6.45) is 0.345. The van der Waals surface area contributed by atoms with Crippen LogP contribution in [0.5, 0.6) is 0 Å². The lowest BCUT2D eigenvalue weighted by atomic mass is 10.1. The minimum absolute atomic E-state index is 0.0435. The van der Waals surface area contributed by atoms with Crippen LogP contribution < -0.4 is 10.6 Å². The van der Waals surface area contributed by atoms with Gasteiger partial charge >= 0.3 is 5.97 Å². The molecule has 0 aliphatic carbocycles. The van der Waals surface area contributed by atoms with Crippen LogP contribution in [0.3, 0.4) is 0 Å². The molecule has 0 unspecified atom stereocenters. The first kappa shape index (κ1) is 13.1. The monoisotopic (exact) mass is 262 g/mol. The molecular formula is C13H14N2O4. The summed E-state index contributed by atoms with van der Waals surface area (Å²) in [4.78, 5) is 35.3.